The van der Waals surface area contributed by atoms with Crippen LogP contribution in [0.3, 0.4) is 0 Å². The fraction of sp³-hybridized carbons (Fsp3) is 0.154. The van der Waals surface area contributed by atoms with Crippen LogP contribution in [-0.4, -0.2) is 12.1 Å². The number of methoxy groups -OCH3 is 1. The van der Waals surface area contributed by atoms with Gasteiger partial charge in [0.2, 0.25) is 0 Å². The SMILES string of the molecule is COc1cccc(Nc2ncc(C)cc2Br)c1. The van der Waals surface area contributed by atoms with Gasteiger partial charge in [0.25, 0.3) is 0 Å². The van der Waals surface area contributed by atoms with E-state index in [1.807, 2.05) is 43.5 Å². The van der Waals surface area contributed by atoms with Crippen molar-refractivity contribution < 1.29 is 4.74 Å². The number of aryl methyl sites for hydroxylation is 1. The van der Waals surface area contributed by atoms with Crippen molar-refractivity contribution in [3.8, 4) is 5.75 Å². The van der Waals surface area contributed by atoms with E-state index in [1.54, 1.807) is 7.11 Å². The molecule has 0 aliphatic rings. The lowest BCUT2D eigenvalue weighted by atomic mass is 10.3. The molecule has 3 nitrogen and oxygen atoms in total. The van der Waals surface area contributed by atoms with Gasteiger partial charge in [0.05, 0.1) is 11.6 Å². The van der Waals surface area contributed by atoms with E-state index in [0.717, 1.165) is 27.3 Å². The molecule has 0 radical (unpaired) electrons. The summed E-state index contributed by atoms with van der Waals surface area (Å²) in [5.41, 5.74) is 2.06. The second kappa shape index (κ2) is 5.19. The Labute approximate surface area is 109 Å². The van der Waals surface area contributed by atoms with Crippen molar-refractivity contribution in [1.82, 2.24) is 4.98 Å². The van der Waals surface area contributed by atoms with Crippen LogP contribution in [-0.2, 0) is 0 Å². The first-order chi connectivity index (χ1) is 8.19. The van der Waals surface area contributed by atoms with Gasteiger partial charge in [0, 0.05) is 18.0 Å². The van der Waals surface area contributed by atoms with E-state index in [4.69, 9.17) is 4.74 Å². The Balaban J connectivity index is 2.25. The first-order valence-corrected chi connectivity index (χ1v) is 6.01. The van der Waals surface area contributed by atoms with E-state index < -0.39 is 0 Å². The Morgan fingerprint density at radius 2 is 2.12 bits per heavy atom. The lowest BCUT2D eigenvalue weighted by Gasteiger charge is -2.09. The van der Waals surface area contributed by atoms with Crippen molar-refractivity contribution in [2.75, 3.05) is 12.4 Å². The molecule has 0 atom stereocenters. The number of pyridine rings is 1. The van der Waals surface area contributed by atoms with E-state index in [0.29, 0.717) is 0 Å². The fourth-order valence-corrected chi connectivity index (χ4v) is 2.03. The topological polar surface area (TPSA) is 34.1 Å². The predicted octanol–water partition coefficient (Wildman–Crippen LogP) is 3.90. The molecule has 1 aromatic heterocycles. The summed E-state index contributed by atoms with van der Waals surface area (Å²) in [4.78, 5) is 4.33. The van der Waals surface area contributed by atoms with Crippen molar-refractivity contribution in [1.29, 1.82) is 0 Å². The van der Waals surface area contributed by atoms with Crippen LogP contribution in [0.5, 0.6) is 5.75 Å². The Hall–Kier alpha value is -1.55. The maximum absolute atomic E-state index is 5.17. The fourth-order valence-electron chi connectivity index (χ4n) is 1.46. The summed E-state index contributed by atoms with van der Waals surface area (Å²) in [6.07, 6.45) is 1.83. The van der Waals surface area contributed by atoms with Crippen molar-refractivity contribution in [2.24, 2.45) is 0 Å². The third-order valence-electron chi connectivity index (χ3n) is 2.31. The Bertz CT molecular complexity index is 529. The summed E-state index contributed by atoms with van der Waals surface area (Å²) in [5.74, 6) is 1.61. The molecule has 17 heavy (non-hydrogen) atoms. The highest BCUT2D eigenvalue weighted by molar-refractivity contribution is 9.10. The average Bonchev–Trinajstić information content (AvgIpc) is 2.33. The largest absolute Gasteiger partial charge is 0.497 e. The van der Waals surface area contributed by atoms with Gasteiger partial charge in [-0.15, -0.1) is 0 Å². The molecule has 4 heteroatoms. The summed E-state index contributed by atoms with van der Waals surface area (Å²) >= 11 is 3.48. The molecule has 1 N–H and O–H groups in total. The van der Waals surface area contributed by atoms with Crippen LogP contribution in [0.2, 0.25) is 0 Å². The van der Waals surface area contributed by atoms with Crippen molar-refractivity contribution in [3.05, 3.63) is 46.6 Å². The average molecular weight is 293 g/mol. The zero-order chi connectivity index (χ0) is 12.3. The number of nitrogens with one attached hydrogen (secondary N) is 1. The van der Waals surface area contributed by atoms with Crippen LogP contribution in [0.4, 0.5) is 11.5 Å². The molecule has 2 rings (SSSR count). The number of nitrogens with zero attached hydrogens (tertiary/aromatic N) is 1. The Morgan fingerprint density at radius 3 is 2.82 bits per heavy atom. The molecule has 0 fully saturated rings. The lowest BCUT2D eigenvalue weighted by molar-refractivity contribution is 0.415. The van der Waals surface area contributed by atoms with Crippen molar-refractivity contribution in [3.63, 3.8) is 0 Å². The third-order valence-corrected chi connectivity index (χ3v) is 2.91. The van der Waals surface area contributed by atoms with Crippen LogP contribution in [0.25, 0.3) is 0 Å². The number of hydrogen-bond acceptors (Lipinski definition) is 3. The van der Waals surface area contributed by atoms with Crippen LogP contribution >= 0.6 is 15.9 Å². The monoisotopic (exact) mass is 292 g/mol. The minimum Gasteiger partial charge on any atom is -0.497 e. The molecule has 0 amide bonds. The maximum Gasteiger partial charge on any atom is 0.144 e. The summed E-state index contributed by atoms with van der Waals surface area (Å²) in [6, 6.07) is 9.76. The number of ether oxygens (including phenoxy) is 1. The number of anilines is 2. The highest BCUT2D eigenvalue weighted by Gasteiger charge is 2.02. The molecule has 0 bridgehead atoms. The molecule has 0 aliphatic carbocycles. The zero-order valence-corrected chi connectivity index (χ0v) is 11.3. The van der Waals surface area contributed by atoms with E-state index in [1.165, 1.54) is 0 Å². The van der Waals surface area contributed by atoms with Gasteiger partial charge in [-0.25, -0.2) is 4.98 Å². The van der Waals surface area contributed by atoms with Gasteiger partial charge in [-0.2, -0.15) is 0 Å². The highest BCUT2D eigenvalue weighted by atomic mass is 79.9. The van der Waals surface area contributed by atoms with Gasteiger partial charge in [-0.1, -0.05) is 6.07 Å². The normalized spacial score (nSPS) is 10.1. The van der Waals surface area contributed by atoms with Gasteiger partial charge in [0.1, 0.15) is 11.6 Å². The summed E-state index contributed by atoms with van der Waals surface area (Å²) < 4.78 is 6.11. The number of hydrogen-bond donors (Lipinski definition) is 1. The Morgan fingerprint density at radius 1 is 1.29 bits per heavy atom. The van der Waals surface area contributed by atoms with Gasteiger partial charge in [-0.3, -0.25) is 0 Å². The van der Waals surface area contributed by atoms with E-state index in [9.17, 15) is 0 Å². The lowest BCUT2D eigenvalue weighted by Crippen LogP contribution is -1.95. The molecule has 0 spiro atoms. The molecule has 0 aliphatic heterocycles. The predicted molar refractivity (Wildman–Crippen MR) is 73.0 cm³/mol. The van der Waals surface area contributed by atoms with Gasteiger partial charge in [-0.05, 0) is 46.6 Å². The van der Waals surface area contributed by atoms with Crippen LogP contribution in [0.15, 0.2) is 41.0 Å². The molecule has 1 aromatic carbocycles. The van der Waals surface area contributed by atoms with Crippen molar-refractivity contribution >= 4 is 27.4 Å². The molecule has 1 heterocycles. The van der Waals surface area contributed by atoms with E-state index in [-0.39, 0.29) is 0 Å². The van der Waals surface area contributed by atoms with E-state index in [2.05, 4.69) is 26.2 Å². The van der Waals surface area contributed by atoms with Crippen LogP contribution in [0.1, 0.15) is 5.56 Å². The zero-order valence-electron chi connectivity index (χ0n) is 9.70. The van der Waals surface area contributed by atoms with Gasteiger partial charge < -0.3 is 10.1 Å². The number of rotatable bonds is 3. The first-order valence-electron chi connectivity index (χ1n) is 5.22. The smallest absolute Gasteiger partial charge is 0.144 e. The summed E-state index contributed by atoms with van der Waals surface area (Å²) in [7, 11) is 1.65. The molecule has 2 aromatic rings. The highest BCUT2D eigenvalue weighted by Crippen LogP contribution is 2.25. The summed E-state index contributed by atoms with van der Waals surface area (Å²) in [6.45, 7) is 2.01. The van der Waals surface area contributed by atoms with Crippen LogP contribution in [0, 0.1) is 6.92 Å². The molecular weight excluding hydrogens is 280 g/mol. The van der Waals surface area contributed by atoms with E-state index >= 15 is 0 Å². The van der Waals surface area contributed by atoms with Crippen molar-refractivity contribution in [2.45, 2.75) is 6.92 Å². The third kappa shape index (κ3) is 2.97. The number of aromatic nitrogens is 1. The quantitative estimate of drug-likeness (QED) is 0.931. The standard InChI is InChI=1S/C13H13BrN2O/c1-9-6-12(14)13(15-8-9)16-10-4-3-5-11(7-10)17-2/h3-8H,1-2H3,(H,15,16). The minimum atomic E-state index is 0.795. The molecule has 0 unspecified atom stereocenters. The van der Waals surface area contributed by atoms with Gasteiger partial charge >= 0.3 is 0 Å². The molecule has 88 valence electrons. The van der Waals surface area contributed by atoms with Gasteiger partial charge in [0.15, 0.2) is 0 Å². The second-order valence-corrected chi connectivity index (χ2v) is 4.55. The molecular formula is C13H13BrN2O. The second-order valence-electron chi connectivity index (χ2n) is 3.70. The Kier molecular flexibility index (Phi) is 3.64. The number of halogens is 1. The molecule has 0 saturated heterocycles. The summed E-state index contributed by atoms with van der Waals surface area (Å²) in [5, 5.41) is 3.24. The molecule has 0 saturated carbocycles. The first kappa shape index (κ1) is 11.9. The maximum atomic E-state index is 5.17. The van der Waals surface area contributed by atoms with Crippen LogP contribution < -0.4 is 10.1 Å². The number of benzene rings is 1. The minimum absolute atomic E-state index is 0.795.